The first-order valence-corrected chi connectivity index (χ1v) is 13.1. The van der Waals surface area contributed by atoms with Gasteiger partial charge in [-0.1, -0.05) is 64.1 Å². The van der Waals surface area contributed by atoms with Crippen LogP contribution in [0.2, 0.25) is 0 Å². The molecular formula is C25H30F3N3O3S. The molecule has 0 aliphatic rings. The molecule has 1 amide bonds. The Morgan fingerprint density at radius 2 is 1.60 bits per heavy atom. The van der Waals surface area contributed by atoms with Crippen molar-refractivity contribution in [3.8, 4) is 22.4 Å². The van der Waals surface area contributed by atoms with E-state index in [1.807, 2.05) is 45.1 Å². The van der Waals surface area contributed by atoms with E-state index in [-0.39, 0.29) is 16.5 Å². The van der Waals surface area contributed by atoms with Gasteiger partial charge < -0.3 is 5.32 Å². The largest absolute Gasteiger partial charge is 0.405 e. The topological polar surface area (TPSA) is 81.1 Å². The minimum atomic E-state index is -4.51. The zero-order chi connectivity index (χ0) is 26.4. The predicted octanol–water partition coefficient (Wildman–Crippen LogP) is 5.59. The lowest BCUT2D eigenvalue weighted by Crippen LogP contribution is -2.34. The van der Waals surface area contributed by atoms with E-state index in [9.17, 15) is 26.4 Å². The first-order valence-electron chi connectivity index (χ1n) is 11.2. The molecule has 0 fully saturated rings. The highest BCUT2D eigenvalue weighted by molar-refractivity contribution is 7.90. The molecule has 0 unspecified atom stereocenters. The number of alkyl halides is 3. The Bertz CT molecular complexity index is 1250. The normalized spacial score (nSPS) is 11.7. The number of carbonyl (C=O) groups is 1. The number of nitrogens with zero attached hydrogens (tertiary/aromatic N) is 2. The van der Waals surface area contributed by atoms with Crippen molar-refractivity contribution in [3.05, 3.63) is 60.3 Å². The van der Waals surface area contributed by atoms with Gasteiger partial charge in [0.25, 0.3) is 5.91 Å². The molecule has 6 nitrogen and oxygen atoms in total. The summed E-state index contributed by atoms with van der Waals surface area (Å²) in [5.74, 6) is -0.710. The number of nitrogens with one attached hydrogen (secondary N) is 1. The van der Waals surface area contributed by atoms with Gasteiger partial charge in [0.15, 0.2) is 15.5 Å². The molecule has 3 rings (SSSR count). The molecule has 0 saturated carbocycles. The van der Waals surface area contributed by atoms with Crippen molar-refractivity contribution in [2.75, 3.05) is 12.8 Å². The molecule has 10 heteroatoms. The van der Waals surface area contributed by atoms with Gasteiger partial charge >= 0.3 is 6.18 Å². The Labute approximate surface area is 204 Å². The van der Waals surface area contributed by atoms with E-state index in [1.165, 1.54) is 12.1 Å². The van der Waals surface area contributed by atoms with Crippen LogP contribution in [0.25, 0.3) is 22.4 Å². The maximum atomic E-state index is 12.4. The first-order chi connectivity index (χ1) is 16.3. The van der Waals surface area contributed by atoms with Crippen LogP contribution in [0.15, 0.2) is 59.5 Å². The monoisotopic (exact) mass is 509 g/mol. The summed E-state index contributed by atoms with van der Waals surface area (Å²) in [5, 5.41) is 6.06. The second-order valence-corrected chi connectivity index (χ2v) is 10.2. The molecule has 190 valence electrons. The van der Waals surface area contributed by atoms with Crippen LogP contribution in [0.4, 0.5) is 13.2 Å². The summed E-state index contributed by atoms with van der Waals surface area (Å²) in [4.78, 5) is 12.4. The zero-order valence-corrected chi connectivity index (χ0v) is 21.2. The third-order valence-electron chi connectivity index (χ3n) is 4.78. The number of hydrogen-bond acceptors (Lipinski definition) is 4. The molecular weight excluding hydrogens is 479 g/mol. The predicted molar refractivity (Wildman–Crippen MR) is 131 cm³/mol. The number of benzene rings is 2. The zero-order valence-electron chi connectivity index (χ0n) is 20.3. The molecule has 0 aliphatic carbocycles. The number of hydrogen-bond donors (Lipinski definition) is 1. The van der Waals surface area contributed by atoms with Crippen molar-refractivity contribution in [1.29, 1.82) is 0 Å². The minimum Gasteiger partial charge on any atom is -0.342 e. The summed E-state index contributed by atoms with van der Waals surface area (Å²) in [7, 11) is -3.34. The molecule has 3 aromatic rings. The summed E-state index contributed by atoms with van der Waals surface area (Å²) in [6.45, 7) is 6.97. The van der Waals surface area contributed by atoms with E-state index in [4.69, 9.17) is 0 Å². The van der Waals surface area contributed by atoms with Crippen LogP contribution >= 0.6 is 0 Å². The van der Waals surface area contributed by atoms with Gasteiger partial charge in [-0.25, -0.2) is 8.42 Å². The molecule has 0 saturated heterocycles. The van der Waals surface area contributed by atoms with Gasteiger partial charge in [0.2, 0.25) is 0 Å². The van der Waals surface area contributed by atoms with E-state index in [0.717, 1.165) is 22.9 Å². The number of rotatable bonds is 7. The molecule has 0 atom stereocenters. The van der Waals surface area contributed by atoms with Gasteiger partial charge in [-0.2, -0.15) is 18.3 Å². The highest BCUT2D eigenvalue weighted by atomic mass is 32.2. The molecule has 1 aromatic heterocycles. The summed E-state index contributed by atoms with van der Waals surface area (Å²) >= 11 is 0. The van der Waals surface area contributed by atoms with E-state index in [2.05, 4.69) is 5.10 Å². The van der Waals surface area contributed by atoms with Gasteiger partial charge in [0, 0.05) is 12.8 Å². The molecule has 1 N–H and O–H groups in total. The van der Waals surface area contributed by atoms with Crippen LogP contribution in [-0.2, 0) is 16.4 Å². The van der Waals surface area contributed by atoms with Crippen LogP contribution < -0.4 is 5.32 Å². The third-order valence-corrected chi connectivity index (χ3v) is 5.89. The summed E-state index contributed by atoms with van der Waals surface area (Å²) in [6, 6.07) is 15.3. The number of carbonyl (C=O) groups excluding carboxylic acids is 1. The average molecular weight is 510 g/mol. The fraction of sp³-hybridized carbons (Fsp3) is 0.360. The Morgan fingerprint density at radius 3 is 2.14 bits per heavy atom. The van der Waals surface area contributed by atoms with Crippen LogP contribution in [0, 0.1) is 5.92 Å². The van der Waals surface area contributed by atoms with E-state index < -0.39 is 28.5 Å². The third kappa shape index (κ3) is 7.95. The SMILES string of the molecule is CC.CC(C)Cn1nc(C(=O)NCC(F)(F)F)cc1-c1ccc(-c2cccc(S(C)(=O)=O)c2)cc1. The summed E-state index contributed by atoms with van der Waals surface area (Å²) < 4.78 is 62.6. The summed E-state index contributed by atoms with van der Waals surface area (Å²) in [6.07, 6.45) is -3.36. The molecule has 0 bridgehead atoms. The Kier molecular flexibility index (Phi) is 9.25. The van der Waals surface area contributed by atoms with E-state index in [1.54, 1.807) is 35.0 Å². The van der Waals surface area contributed by atoms with Gasteiger partial charge in [-0.05, 0) is 40.8 Å². The highest BCUT2D eigenvalue weighted by Gasteiger charge is 2.28. The quantitative estimate of drug-likeness (QED) is 0.450. The highest BCUT2D eigenvalue weighted by Crippen LogP contribution is 2.27. The lowest BCUT2D eigenvalue weighted by Gasteiger charge is -2.11. The number of amides is 1. The van der Waals surface area contributed by atoms with Crippen LogP contribution in [0.5, 0.6) is 0 Å². The van der Waals surface area contributed by atoms with Gasteiger partial charge in [0.05, 0.1) is 10.6 Å². The van der Waals surface area contributed by atoms with Gasteiger partial charge in [-0.3, -0.25) is 9.48 Å². The van der Waals surface area contributed by atoms with E-state index >= 15 is 0 Å². The Hall–Kier alpha value is -3.14. The van der Waals surface area contributed by atoms with Crippen molar-refractivity contribution < 1.29 is 26.4 Å². The Balaban J connectivity index is 0.00000210. The first kappa shape index (κ1) is 28.1. The Morgan fingerprint density at radius 1 is 1.00 bits per heavy atom. The lowest BCUT2D eigenvalue weighted by molar-refractivity contribution is -0.123. The number of halogens is 3. The van der Waals surface area contributed by atoms with Crippen molar-refractivity contribution >= 4 is 15.7 Å². The fourth-order valence-electron chi connectivity index (χ4n) is 3.26. The molecule has 0 spiro atoms. The average Bonchev–Trinajstić information content (AvgIpc) is 3.21. The van der Waals surface area contributed by atoms with Crippen molar-refractivity contribution in [1.82, 2.24) is 15.1 Å². The minimum absolute atomic E-state index is 0.0974. The summed E-state index contributed by atoms with van der Waals surface area (Å²) in [5.41, 5.74) is 2.74. The fourth-order valence-corrected chi connectivity index (χ4v) is 3.92. The van der Waals surface area contributed by atoms with Crippen LogP contribution in [0.1, 0.15) is 38.2 Å². The standard InChI is InChI=1S/C23H24F3N3O3S.C2H6/c1-15(2)13-29-21(12-20(28-29)22(30)27-14-23(24,25)26)17-9-7-16(8-10-17)18-5-4-6-19(11-18)33(3,31)32;1-2/h4-12,15H,13-14H2,1-3H3,(H,27,30);1-2H3. The second-order valence-electron chi connectivity index (χ2n) is 8.17. The molecule has 35 heavy (non-hydrogen) atoms. The maximum Gasteiger partial charge on any atom is 0.405 e. The van der Waals surface area contributed by atoms with Crippen LogP contribution in [-0.4, -0.2) is 43.1 Å². The molecule has 2 aromatic carbocycles. The van der Waals surface area contributed by atoms with Crippen LogP contribution in [0.3, 0.4) is 0 Å². The maximum absolute atomic E-state index is 12.4. The number of aromatic nitrogens is 2. The van der Waals surface area contributed by atoms with Gasteiger partial charge in [-0.15, -0.1) is 0 Å². The van der Waals surface area contributed by atoms with Crippen molar-refractivity contribution in [3.63, 3.8) is 0 Å². The smallest absolute Gasteiger partial charge is 0.342 e. The molecule has 1 heterocycles. The van der Waals surface area contributed by atoms with Crippen molar-refractivity contribution in [2.24, 2.45) is 5.92 Å². The van der Waals surface area contributed by atoms with E-state index in [0.29, 0.717) is 12.2 Å². The lowest BCUT2D eigenvalue weighted by atomic mass is 10.0. The van der Waals surface area contributed by atoms with Crippen molar-refractivity contribution in [2.45, 2.75) is 45.3 Å². The second kappa shape index (κ2) is 11.5. The molecule has 0 radical (unpaired) electrons. The molecule has 0 aliphatic heterocycles. The number of sulfone groups is 1. The van der Waals surface area contributed by atoms with Gasteiger partial charge in [0.1, 0.15) is 6.54 Å².